The molecule has 2 fully saturated rings. The fourth-order valence-corrected chi connectivity index (χ4v) is 8.36. The number of ether oxygens (including phenoxy) is 4. The van der Waals surface area contributed by atoms with Crippen molar-refractivity contribution in [1.29, 1.82) is 0 Å². The summed E-state index contributed by atoms with van der Waals surface area (Å²) in [5.41, 5.74) is 6.08. The Kier molecular flexibility index (Phi) is 25.8. The van der Waals surface area contributed by atoms with Gasteiger partial charge in [0.05, 0.1) is 91.6 Å². The first kappa shape index (κ1) is 59.8. The van der Waals surface area contributed by atoms with Gasteiger partial charge in [-0.05, 0) is 40.0 Å². The van der Waals surface area contributed by atoms with Gasteiger partial charge in [0.2, 0.25) is 5.91 Å². The molecule has 19 nitrogen and oxygen atoms in total. The minimum Gasteiger partial charge on any atom is -0.462 e. The molecule has 1 amide bonds. The van der Waals surface area contributed by atoms with Crippen LogP contribution < -0.4 is 11.1 Å². The number of nitrogens with two attached hydrogens (primary N) is 1. The number of allylic oxidation sites excluding steroid dienone is 12. The van der Waals surface area contributed by atoms with Crippen molar-refractivity contribution in [3.63, 3.8) is 0 Å². The van der Waals surface area contributed by atoms with E-state index in [4.69, 9.17) is 24.7 Å². The molecule has 2 bridgehead atoms. The van der Waals surface area contributed by atoms with E-state index in [0.717, 1.165) is 0 Å². The number of rotatable bonds is 5. The van der Waals surface area contributed by atoms with E-state index in [-0.39, 0.29) is 38.1 Å². The van der Waals surface area contributed by atoms with Gasteiger partial charge in [0.15, 0.2) is 12.1 Å². The van der Waals surface area contributed by atoms with Crippen LogP contribution in [-0.2, 0) is 28.5 Å². The first-order valence-corrected chi connectivity index (χ1v) is 23.9. The highest BCUT2D eigenvalue weighted by Gasteiger charge is 2.51. The Morgan fingerprint density at radius 2 is 1.30 bits per heavy atom. The lowest BCUT2D eigenvalue weighted by molar-refractivity contribution is -0.307. The van der Waals surface area contributed by atoms with E-state index in [1.165, 1.54) is 6.92 Å². The minimum atomic E-state index is -2.30. The number of hydrogen-bond donors (Lipinski definition) is 13. The zero-order valence-corrected chi connectivity index (χ0v) is 40.4. The summed E-state index contributed by atoms with van der Waals surface area (Å²) in [5.74, 6) is -5.85. The summed E-state index contributed by atoms with van der Waals surface area (Å²) in [6.45, 7) is 8.04. The van der Waals surface area contributed by atoms with Crippen LogP contribution in [0, 0.1) is 17.8 Å². The third kappa shape index (κ3) is 20.6. The van der Waals surface area contributed by atoms with Crippen molar-refractivity contribution >= 4 is 11.9 Å². The summed E-state index contributed by atoms with van der Waals surface area (Å²) in [5, 5.41) is 122. The van der Waals surface area contributed by atoms with Gasteiger partial charge in [0.1, 0.15) is 12.2 Å². The molecule has 0 spiro atoms. The van der Waals surface area contributed by atoms with Crippen molar-refractivity contribution in [3.05, 3.63) is 85.1 Å². The molecule has 2 saturated heterocycles. The number of amides is 1. The van der Waals surface area contributed by atoms with Crippen molar-refractivity contribution in [1.82, 2.24) is 5.32 Å². The molecule has 3 rings (SSSR count). The summed E-state index contributed by atoms with van der Waals surface area (Å²) in [7, 11) is 0. The fourth-order valence-electron chi connectivity index (χ4n) is 8.36. The van der Waals surface area contributed by atoms with Gasteiger partial charge in [-0.25, -0.2) is 0 Å². The SMILES string of the molecule is C[C@@H]1[C@H](O)[C@@H](C)/C=C/C=C/C=C/C=C/C=C/C=C/C=C/[C@H](O[C@@H]2O[C@H](C)[C@@H](O)[C@H](N)[C@@H]2O)C[C@@H]2O[C@](O)(C[C@@H](O)C[C@@H](O)[C@H](O)CC[C@@H](O)C[C@@H](O)CC(=O)O[C@H]1C)C[C@H](O)[C@H]2C(=O)NC[C@@H](C)O. The summed E-state index contributed by atoms with van der Waals surface area (Å²) in [4.78, 5) is 26.3. The Morgan fingerprint density at radius 3 is 1.90 bits per heavy atom. The van der Waals surface area contributed by atoms with E-state index in [1.54, 1.807) is 81.5 Å². The monoisotopic (exact) mass is 981 g/mol. The van der Waals surface area contributed by atoms with Gasteiger partial charge in [-0.1, -0.05) is 98.9 Å². The Bertz CT molecular complexity index is 1750. The predicted molar refractivity (Wildman–Crippen MR) is 254 cm³/mol. The molecule has 20 atom stereocenters. The van der Waals surface area contributed by atoms with Crippen LogP contribution in [0.25, 0.3) is 0 Å². The van der Waals surface area contributed by atoms with Gasteiger partial charge in [-0.15, -0.1) is 0 Å². The Labute approximate surface area is 405 Å². The standard InChI is InChI=1S/C50H80N2O17/c1-29-18-16-14-12-10-8-6-7-9-11-13-15-17-19-37(68-49-47(63)44(51)46(62)33(5)67-49)25-41-43(48(64)52-28-30(2)53)40(59)27-50(65,69-41)26-36(56)23-39(58)38(57)21-20-34(54)22-35(55)24-42(60)66-32(4)31(3)45(29)61/h6-19,29-41,43-47,49,53-59,61-63,65H,20-28,51H2,1-5H3,(H,52,64)/b7-6+,10-8+,11-9+,14-12+,15-13+,18-16+,19-17+/t29-,30+,31-,32-,33+,34+,35+,36-,37-,38+,39+,40-,41-,43+,44-,45+,46+,47-,49-,50+/m0/s1. The zero-order chi connectivity index (χ0) is 51.4. The second kappa shape index (κ2) is 29.8. The van der Waals surface area contributed by atoms with Crippen LogP contribution in [0.5, 0.6) is 0 Å². The van der Waals surface area contributed by atoms with Crippen LogP contribution in [0.2, 0.25) is 0 Å². The van der Waals surface area contributed by atoms with Crippen LogP contribution in [0.1, 0.15) is 86.0 Å². The van der Waals surface area contributed by atoms with Crippen molar-refractivity contribution in [3.8, 4) is 0 Å². The number of aliphatic hydroxyl groups is 11. The Morgan fingerprint density at radius 1 is 0.725 bits per heavy atom. The Hall–Kier alpha value is -3.48. The minimum absolute atomic E-state index is 0.105. The van der Waals surface area contributed by atoms with Crippen LogP contribution in [0.3, 0.4) is 0 Å². The van der Waals surface area contributed by atoms with E-state index >= 15 is 0 Å². The van der Waals surface area contributed by atoms with Gasteiger partial charge in [0, 0.05) is 44.1 Å². The lowest BCUT2D eigenvalue weighted by Gasteiger charge is -2.46. The molecule has 3 aliphatic rings. The summed E-state index contributed by atoms with van der Waals surface area (Å²) in [6.07, 6.45) is 3.15. The second-order valence-corrected chi connectivity index (χ2v) is 18.8. The first-order chi connectivity index (χ1) is 32.5. The van der Waals surface area contributed by atoms with Crippen molar-refractivity contribution in [2.24, 2.45) is 23.5 Å². The zero-order valence-electron chi connectivity index (χ0n) is 40.4. The number of carbonyl (C=O) groups excluding carboxylic acids is 2. The summed E-state index contributed by atoms with van der Waals surface area (Å²) >= 11 is 0. The molecule has 0 aromatic rings. The average Bonchev–Trinajstić information content (AvgIpc) is 3.26. The van der Waals surface area contributed by atoms with E-state index in [9.17, 15) is 65.8 Å². The Balaban J connectivity index is 1.92. The van der Waals surface area contributed by atoms with Gasteiger partial charge < -0.3 is 86.2 Å². The molecule has 14 N–H and O–H groups in total. The molecule has 392 valence electrons. The summed E-state index contributed by atoms with van der Waals surface area (Å²) < 4.78 is 23.6. The number of esters is 1. The van der Waals surface area contributed by atoms with Crippen molar-refractivity contribution < 1.29 is 84.7 Å². The van der Waals surface area contributed by atoms with Crippen LogP contribution in [-0.4, -0.2) is 178 Å². The molecule has 0 aliphatic carbocycles. The molecule has 3 aliphatic heterocycles. The maximum absolute atomic E-state index is 13.6. The van der Waals surface area contributed by atoms with Crippen molar-refractivity contribution in [2.45, 2.75) is 190 Å². The topological polar surface area (TPSA) is 332 Å². The maximum atomic E-state index is 13.6. The van der Waals surface area contributed by atoms with E-state index in [2.05, 4.69) is 5.32 Å². The van der Waals surface area contributed by atoms with E-state index in [1.807, 2.05) is 31.2 Å². The number of cyclic esters (lactones) is 1. The van der Waals surface area contributed by atoms with Gasteiger partial charge in [0.25, 0.3) is 0 Å². The molecule has 0 aromatic carbocycles. The average molecular weight is 981 g/mol. The quantitative estimate of drug-likeness (QED) is 0.163. The van der Waals surface area contributed by atoms with Gasteiger partial charge in [-0.3, -0.25) is 9.59 Å². The van der Waals surface area contributed by atoms with E-state index in [0.29, 0.717) is 0 Å². The van der Waals surface area contributed by atoms with E-state index < -0.39 is 153 Å². The first-order valence-electron chi connectivity index (χ1n) is 23.9. The number of hydrogen-bond acceptors (Lipinski definition) is 18. The maximum Gasteiger partial charge on any atom is 0.308 e. The number of nitrogens with one attached hydrogen (secondary N) is 1. The second-order valence-electron chi connectivity index (χ2n) is 18.8. The van der Waals surface area contributed by atoms with Gasteiger partial charge >= 0.3 is 5.97 Å². The van der Waals surface area contributed by atoms with Crippen molar-refractivity contribution in [2.75, 3.05) is 6.54 Å². The summed E-state index contributed by atoms with van der Waals surface area (Å²) in [6, 6.07) is -1.15. The molecule has 69 heavy (non-hydrogen) atoms. The predicted octanol–water partition coefficient (Wildman–Crippen LogP) is 0.124. The molecule has 0 radical (unpaired) electrons. The molecular formula is C50H80N2O17. The lowest BCUT2D eigenvalue weighted by Crippen LogP contribution is -2.62. The van der Waals surface area contributed by atoms with Crippen LogP contribution in [0.15, 0.2) is 85.1 Å². The van der Waals surface area contributed by atoms with Crippen LogP contribution >= 0.6 is 0 Å². The third-order valence-corrected chi connectivity index (χ3v) is 12.6. The molecular weight excluding hydrogens is 901 g/mol. The fraction of sp³-hybridized carbons (Fsp3) is 0.680. The molecule has 3 heterocycles. The highest BCUT2D eigenvalue weighted by Crippen LogP contribution is 2.38. The highest BCUT2D eigenvalue weighted by atomic mass is 16.7. The van der Waals surface area contributed by atoms with Gasteiger partial charge in [-0.2, -0.15) is 0 Å². The smallest absolute Gasteiger partial charge is 0.308 e. The largest absolute Gasteiger partial charge is 0.462 e. The van der Waals surface area contributed by atoms with Crippen LogP contribution in [0.4, 0.5) is 0 Å². The lowest BCUT2D eigenvalue weighted by atomic mass is 9.82. The molecule has 19 heteroatoms. The molecule has 0 aromatic heterocycles. The molecule has 0 saturated carbocycles. The third-order valence-electron chi connectivity index (χ3n) is 12.6. The number of fused-ring (bicyclic) bond motifs is 2. The highest BCUT2D eigenvalue weighted by molar-refractivity contribution is 5.80. The number of carbonyl (C=O) groups is 2. The normalized spacial score (nSPS) is 44.0. The molecule has 0 unspecified atom stereocenters. The number of aliphatic hydroxyl groups excluding tert-OH is 10.